The molecule has 2 aromatic rings. The maximum atomic E-state index is 12.8. The van der Waals surface area contributed by atoms with Crippen LogP contribution in [0.2, 0.25) is 0 Å². The topological polar surface area (TPSA) is 43.4 Å². The molecular formula is C23H26O3. The molecule has 3 nitrogen and oxygen atoms in total. The van der Waals surface area contributed by atoms with Gasteiger partial charge in [-0.3, -0.25) is 9.59 Å². The van der Waals surface area contributed by atoms with Crippen molar-refractivity contribution in [2.75, 3.05) is 6.61 Å². The number of rotatable bonds is 7. The maximum absolute atomic E-state index is 12.8. The molecule has 3 heteroatoms. The Labute approximate surface area is 155 Å². The van der Waals surface area contributed by atoms with Crippen LogP contribution in [0.25, 0.3) is 0 Å². The summed E-state index contributed by atoms with van der Waals surface area (Å²) in [5, 5.41) is 0. The van der Waals surface area contributed by atoms with Crippen molar-refractivity contribution in [1.82, 2.24) is 0 Å². The third-order valence-electron chi connectivity index (χ3n) is 5.22. The van der Waals surface area contributed by atoms with Crippen molar-refractivity contribution in [2.24, 2.45) is 5.92 Å². The first kappa shape index (κ1) is 18.4. The Bertz CT molecular complexity index is 724. The van der Waals surface area contributed by atoms with Crippen LogP contribution in [-0.2, 0) is 14.3 Å². The fourth-order valence-corrected chi connectivity index (χ4v) is 3.92. The molecular weight excluding hydrogens is 324 g/mol. The van der Waals surface area contributed by atoms with E-state index in [0.717, 1.165) is 30.4 Å². The van der Waals surface area contributed by atoms with Crippen molar-refractivity contribution < 1.29 is 14.3 Å². The van der Waals surface area contributed by atoms with Gasteiger partial charge in [0, 0.05) is 12.3 Å². The van der Waals surface area contributed by atoms with Crippen LogP contribution < -0.4 is 0 Å². The van der Waals surface area contributed by atoms with E-state index in [1.807, 2.05) is 60.7 Å². The van der Waals surface area contributed by atoms with Crippen LogP contribution in [-0.4, -0.2) is 18.4 Å². The van der Waals surface area contributed by atoms with Crippen LogP contribution in [0.1, 0.15) is 55.6 Å². The third-order valence-corrected chi connectivity index (χ3v) is 5.22. The number of hydrogen-bond donors (Lipinski definition) is 0. The average molecular weight is 350 g/mol. The molecule has 0 N–H and O–H groups in total. The lowest BCUT2D eigenvalue weighted by Crippen LogP contribution is -2.27. The van der Waals surface area contributed by atoms with Crippen molar-refractivity contribution in [3.63, 3.8) is 0 Å². The standard InChI is InChI=1S/C23H26O3/c1-2-3-10-15-26-23(25)22-20(24)16-19(17-11-6-4-7-12-17)21(22)18-13-8-5-9-14-18/h4-9,11-14,19,21-22H,2-3,10,15-16H2,1H3/t19-,21+,22+/m0/s1. The predicted octanol–water partition coefficient (Wildman–Crippen LogP) is 4.88. The Morgan fingerprint density at radius 1 is 0.962 bits per heavy atom. The van der Waals surface area contributed by atoms with Crippen LogP contribution in [0, 0.1) is 5.92 Å². The van der Waals surface area contributed by atoms with Crippen molar-refractivity contribution >= 4 is 11.8 Å². The second-order valence-electron chi connectivity index (χ2n) is 6.98. The number of Topliss-reactive ketones (excluding diaryl/α,β-unsaturated/α-hetero) is 1. The van der Waals surface area contributed by atoms with E-state index >= 15 is 0 Å². The zero-order chi connectivity index (χ0) is 18.4. The van der Waals surface area contributed by atoms with Crippen LogP contribution in [0.15, 0.2) is 60.7 Å². The molecule has 1 saturated carbocycles. The summed E-state index contributed by atoms with van der Waals surface area (Å²) in [7, 11) is 0. The van der Waals surface area contributed by atoms with Crippen molar-refractivity contribution in [2.45, 2.75) is 44.4 Å². The van der Waals surface area contributed by atoms with Gasteiger partial charge >= 0.3 is 5.97 Å². The third kappa shape index (κ3) is 4.04. The highest BCUT2D eigenvalue weighted by Crippen LogP contribution is 2.48. The molecule has 0 amide bonds. The average Bonchev–Trinajstić information content (AvgIpc) is 3.04. The minimum Gasteiger partial charge on any atom is -0.465 e. The van der Waals surface area contributed by atoms with Crippen LogP contribution in [0.4, 0.5) is 0 Å². The summed E-state index contributed by atoms with van der Waals surface area (Å²) in [6.07, 6.45) is 3.34. The highest BCUT2D eigenvalue weighted by Gasteiger charge is 2.48. The number of benzene rings is 2. The molecule has 0 saturated heterocycles. The minimum atomic E-state index is -0.704. The van der Waals surface area contributed by atoms with Gasteiger partial charge in [0.25, 0.3) is 0 Å². The van der Waals surface area contributed by atoms with E-state index in [4.69, 9.17) is 4.74 Å². The SMILES string of the molecule is CCCCCOC(=O)[C@@H]1C(=O)C[C@@H](c2ccccc2)[C@H]1c1ccccc1. The van der Waals surface area contributed by atoms with Gasteiger partial charge in [0.15, 0.2) is 0 Å². The van der Waals surface area contributed by atoms with Gasteiger partial charge in [0.1, 0.15) is 11.7 Å². The Kier molecular flexibility index (Phi) is 6.21. The number of carbonyl (C=O) groups is 2. The van der Waals surface area contributed by atoms with E-state index in [1.165, 1.54) is 0 Å². The van der Waals surface area contributed by atoms with E-state index in [9.17, 15) is 9.59 Å². The summed E-state index contributed by atoms with van der Waals surface area (Å²) in [6, 6.07) is 19.9. The Balaban J connectivity index is 1.87. The largest absolute Gasteiger partial charge is 0.465 e. The van der Waals surface area contributed by atoms with Crippen molar-refractivity contribution in [1.29, 1.82) is 0 Å². The number of ether oxygens (including phenoxy) is 1. The molecule has 3 atom stereocenters. The van der Waals surface area contributed by atoms with Gasteiger partial charge in [-0.25, -0.2) is 0 Å². The van der Waals surface area contributed by atoms with Gasteiger partial charge in [0.2, 0.25) is 0 Å². The van der Waals surface area contributed by atoms with Gasteiger partial charge in [-0.05, 0) is 23.5 Å². The molecule has 0 aliphatic heterocycles. The zero-order valence-electron chi connectivity index (χ0n) is 15.3. The molecule has 0 radical (unpaired) electrons. The fourth-order valence-electron chi connectivity index (χ4n) is 3.92. The molecule has 1 aliphatic rings. The van der Waals surface area contributed by atoms with E-state index in [1.54, 1.807) is 0 Å². The second-order valence-corrected chi connectivity index (χ2v) is 6.98. The molecule has 0 unspecified atom stereocenters. The smallest absolute Gasteiger partial charge is 0.317 e. The van der Waals surface area contributed by atoms with E-state index in [2.05, 4.69) is 6.92 Å². The van der Waals surface area contributed by atoms with Crippen molar-refractivity contribution in [3.8, 4) is 0 Å². The quantitative estimate of drug-likeness (QED) is 0.406. The lowest BCUT2D eigenvalue weighted by atomic mass is 9.80. The number of esters is 1. The van der Waals surface area contributed by atoms with E-state index in [-0.39, 0.29) is 23.6 Å². The van der Waals surface area contributed by atoms with Crippen LogP contribution >= 0.6 is 0 Å². The maximum Gasteiger partial charge on any atom is 0.317 e. The highest BCUT2D eigenvalue weighted by atomic mass is 16.5. The zero-order valence-corrected chi connectivity index (χ0v) is 15.3. The number of unbranched alkanes of at least 4 members (excludes halogenated alkanes) is 2. The highest BCUT2D eigenvalue weighted by molar-refractivity contribution is 6.02. The molecule has 0 heterocycles. The number of hydrogen-bond acceptors (Lipinski definition) is 3. The van der Waals surface area contributed by atoms with Gasteiger partial charge < -0.3 is 4.74 Å². The molecule has 3 rings (SSSR count). The van der Waals surface area contributed by atoms with Crippen LogP contribution in [0.5, 0.6) is 0 Å². The summed E-state index contributed by atoms with van der Waals surface area (Å²) < 4.78 is 5.47. The van der Waals surface area contributed by atoms with Gasteiger partial charge in [-0.2, -0.15) is 0 Å². The number of carbonyl (C=O) groups excluding carboxylic acids is 2. The molecule has 1 aliphatic carbocycles. The Hall–Kier alpha value is -2.42. The molecule has 1 fully saturated rings. The first-order valence-corrected chi connectivity index (χ1v) is 9.51. The second kappa shape index (κ2) is 8.79. The lowest BCUT2D eigenvalue weighted by Gasteiger charge is -2.24. The van der Waals surface area contributed by atoms with Crippen LogP contribution in [0.3, 0.4) is 0 Å². The normalized spacial score (nSPS) is 22.3. The molecule has 136 valence electrons. The summed E-state index contributed by atoms with van der Waals surface area (Å²) in [4.78, 5) is 25.5. The van der Waals surface area contributed by atoms with Gasteiger partial charge in [-0.1, -0.05) is 80.4 Å². The Morgan fingerprint density at radius 2 is 1.58 bits per heavy atom. The first-order chi connectivity index (χ1) is 12.7. The molecule has 2 aromatic carbocycles. The monoisotopic (exact) mass is 350 g/mol. The minimum absolute atomic E-state index is 0.00630. The number of ketones is 1. The van der Waals surface area contributed by atoms with E-state index < -0.39 is 5.92 Å². The predicted molar refractivity (Wildman–Crippen MR) is 102 cm³/mol. The summed E-state index contributed by atoms with van der Waals surface area (Å²) in [5.41, 5.74) is 2.14. The van der Waals surface area contributed by atoms with E-state index in [0.29, 0.717) is 13.0 Å². The lowest BCUT2D eigenvalue weighted by molar-refractivity contribution is -0.151. The van der Waals surface area contributed by atoms with Gasteiger partial charge in [0.05, 0.1) is 6.61 Å². The molecule has 0 spiro atoms. The molecule has 26 heavy (non-hydrogen) atoms. The summed E-state index contributed by atoms with van der Waals surface area (Å²) in [6.45, 7) is 2.51. The van der Waals surface area contributed by atoms with Crippen molar-refractivity contribution in [3.05, 3.63) is 71.8 Å². The molecule has 0 bridgehead atoms. The van der Waals surface area contributed by atoms with Gasteiger partial charge in [-0.15, -0.1) is 0 Å². The first-order valence-electron chi connectivity index (χ1n) is 9.51. The summed E-state index contributed by atoms with van der Waals surface area (Å²) in [5.74, 6) is -1.22. The Morgan fingerprint density at radius 3 is 2.19 bits per heavy atom. The molecule has 0 aromatic heterocycles. The fraction of sp³-hybridized carbons (Fsp3) is 0.391. The summed E-state index contributed by atoms with van der Waals surface area (Å²) >= 11 is 0.